The third kappa shape index (κ3) is 2.34. The summed E-state index contributed by atoms with van der Waals surface area (Å²) in [5.74, 6) is 0.472. The van der Waals surface area contributed by atoms with E-state index >= 15 is 0 Å². The summed E-state index contributed by atoms with van der Waals surface area (Å²) in [6, 6.07) is 15.7. The molecule has 0 radical (unpaired) electrons. The smallest absolute Gasteiger partial charge is 0.246 e. The number of nitrogens with one attached hydrogen (secondary N) is 1. The van der Waals surface area contributed by atoms with Gasteiger partial charge in [0.05, 0.1) is 5.69 Å². The first-order valence-electron chi connectivity index (χ1n) is 7.77. The lowest BCUT2D eigenvalue weighted by Crippen LogP contribution is -2.13. The lowest BCUT2D eigenvalue weighted by molar-refractivity contribution is -0.114. The third-order valence-corrected chi connectivity index (χ3v) is 4.09. The average molecular weight is 319 g/mol. The number of nitrogens with zero attached hydrogens (tertiary/aromatic N) is 2. The molecule has 0 unspecified atom stereocenters. The number of rotatable bonds is 2. The Morgan fingerprint density at radius 3 is 2.79 bits per heavy atom. The molecule has 2 aromatic carbocycles. The van der Waals surface area contributed by atoms with Crippen LogP contribution in [-0.4, -0.2) is 32.3 Å². The van der Waals surface area contributed by atoms with Crippen LogP contribution in [-0.2, 0) is 4.79 Å². The number of fused-ring (bicyclic) bond motifs is 3. The molecule has 0 bridgehead atoms. The van der Waals surface area contributed by atoms with Gasteiger partial charge in [0.15, 0.2) is 5.76 Å². The van der Waals surface area contributed by atoms with Crippen molar-refractivity contribution in [2.75, 3.05) is 30.9 Å². The first-order valence-corrected chi connectivity index (χ1v) is 7.77. The van der Waals surface area contributed by atoms with E-state index < -0.39 is 0 Å². The second kappa shape index (κ2) is 5.53. The van der Waals surface area contributed by atoms with E-state index in [1.165, 1.54) is 0 Å². The van der Waals surface area contributed by atoms with E-state index in [-0.39, 0.29) is 12.5 Å². The SMILES string of the molecule is CN(C)c1cccc(C2=NCC(=O)Nc3c2oc2ccccc32)c1. The van der Waals surface area contributed by atoms with Crippen LogP contribution < -0.4 is 10.2 Å². The molecular formula is C19H17N3O2. The van der Waals surface area contributed by atoms with Crippen molar-refractivity contribution in [2.45, 2.75) is 0 Å². The number of carbonyl (C=O) groups is 1. The molecule has 24 heavy (non-hydrogen) atoms. The highest BCUT2D eigenvalue weighted by Gasteiger charge is 2.24. The van der Waals surface area contributed by atoms with E-state index in [9.17, 15) is 4.79 Å². The van der Waals surface area contributed by atoms with Gasteiger partial charge in [-0.15, -0.1) is 0 Å². The van der Waals surface area contributed by atoms with Crippen LogP contribution in [0.25, 0.3) is 11.0 Å². The van der Waals surface area contributed by atoms with Crippen molar-refractivity contribution in [3.8, 4) is 0 Å². The normalized spacial score (nSPS) is 13.9. The number of anilines is 2. The van der Waals surface area contributed by atoms with Gasteiger partial charge < -0.3 is 14.6 Å². The van der Waals surface area contributed by atoms with E-state index in [0.717, 1.165) is 22.2 Å². The standard InChI is InChI=1S/C19H17N3O2/c1-22(2)13-7-5-6-12(10-13)17-19-18(21-16(23)11-20-17)14-8-3-4-9-15(14)24-19/h3-10H,11H2,1-2H3,(H,21,23). The largest absolute Gasteiger partial charge is 0.452 e. The van der Waals surface area contributed by atoms with Crippen molar-refractivity contribution >= 4 is 34.0 Å². The number of carbonyl (C=O) groups excluding carboxylic acids is 1. The number of hydrogen-bond donors (Lipinski definition) is 1. The van der Waals surface area contributed by atoms with Gasteiger partial charge in [-0.05, 0) is 24.3 Å². The highest BCUT2D eigenvalue weighted by Crippen LogP contribution is 2.34. The number of benzene rings is 2. The molecule has 0 aliphatic carbocycles. The molecule has 5 nitrogen and oxygen atoms in total. The van der Waals surface area contributed by atoms with E-state index in [1.54, 1.807) is 0 Å². The van der Waals surface area contributed by atoms with Crippen LogP contribution in [0.2, 0.25) is 0 Å². The number of amides is 1. The fraction of sp³-hybridized carbons (Fsp3) is 0.158. The zero-order valence-electron chi connectivity index (χ0n) is 13.5. The van der Waals surface area contributed by atoms with E-state index in [0.29, 0.717) is 17.2 Å². The fourth-order valence-corrected chi connectivity index (χ4v) is 2.89. The van der Waals surface area contributed by atoms with Gasteiger partial charge in [-0.2, -0.15) is 0 Å². The zero-order valence-corrected chi connectivity index (χ0v) is 13.5. The zero-order chi connectivity index (χ0) is 16.7. The van der Waals surface area contributed by atoms with Gasteiger partial charge in [-0.3, -0.25) is 9.79 Å². The Hall–Kier alpha value is -3.08. The summed E-state index contributed by atoms with van der Waals surface area (Å²) in [5, 5.41) is 3.81. The summed E-state index contributed by atoms with van der Waals surface area (Å²) in [6.07, 6.45) is 0. The highest BCUT2D eigenvalue weighted by atomic mass is 16.3. The van der Waals surface area contributed by atoms with E-state index in [2.05, 4.69) is 10.3 Å². The Morgan fingerprint density at radius 1 is 1.12 bits per heavy atom. The van der Waals surface area contributed by atoms with Gasteiger partial charge >= 0.3 is 0 Å². The Morgan fingerprint density at radius 2 is 1.96 bits per heavy atom. The lowest BCUT2D eigenvalue weighted by Gasteiger charge is -2.14. The predicted octanol–water partition coefficient (Wildman–Crippen LogP) is 3.29. The predicted molar refractivity (Wildman–Crippen MR) is 96.1 cm³/mol. The van der Waals surface area contributed by atoms with Crippen molar-refractivity contribution < 1.29 is 9.21 Å². The molecule has 0 spiro atoms. The first kappa shape index (κ1) is 14.5. The molecule has 1 aliphatic heterocycles. The van der Waals surface area contributed by atoms with Crippen molar-refractivity contribution in [1.29, 1.82) is 0 Å². The molecule has 0 saturated carbocycles. The van der Waals surface area contributed by atoms with Crippen molar-refractivity contribution in [1.82, 2.24) is 0 Å². The number of hydrogen-bond acceptors (Lipinski definition) is 4. The topological polar surface area (TPSA) is 57.8 Å². The molecule has 1 aliphatic rings. The summed E-state index contributed by atoms with van der Waals surface area (Å²) in [5.41, 5.74) is 4.13. The molecule has 1 aromatic heterocycles. The minimum atomic E-state index is -0.137. The van der Waals surface area contributed by atoms with Crippen LogP contribution in [0.4, 0.5) is 11.4 Å². The number of furan rings is 1. The second-order valence-electron chi connectivity index (χ2n) is 5.96. The molecule has 5 heteroatoms. The van der Waals surface area contributed by atoms with Crippen LogP contribution in [0.15, 0.2) is 57.9 Å². The Kier molecular flexibility index (Phi) is 3.34. The van der Waals surface area contributed by atoms with Crippen LogP contribution in [0, 0.1) is 0 Å². The van der Waals surface area contributed by atoms with Crippen LogP contribution in [0.5, 0.6) is 0 Å². The average Bonchev–Trinajstić information content (AvgIpc) is 2.85. The molecule has 2 heterocycles. The minimum Gasteiger partial charge on any atom is -0.452 e. The summed E-state index contributed by atoms with van der Waals surface area (Å²) < 4.78 is 6.03. The van der Waals surface area contributed by atoms with Crippen LogP contribution in [0.1, 0.15) is 11.3 Å². The molecular weight excluding hydrogens is 302 g/mol. The first-order chi connectivity index (χ1) is 11.6. The number of para-hydroxylation sites is 1. The Labute approximate surface area is 139 Å². The minimum absolute atomic E-state index is 0.0834. The van der Waals surface area contributed by atoms with Crippen molar-refractivity contribution in [3.05, 3.63) is 59.9 Å². The highest BCUT2D eigenvalue weighted by molar-refractivity contribution is 6.21. The van der Waals surface area contributed by atoms with E-state index in [1.807, 2.05) is 67.5 Å². The van der Waals surface area contributed by atoms with Crippen molar-refractivity contribution in [2.24, 2.45) is 4.99 Å². The molecule has 3 aromatic rings. The van der Waals surface area contributed by atoms with Gasteiger partial charge in [0.25, 0.3) is 0 Å². The maximum absolute atomic E-state index is 12.1. The van der Waals surface area contributed by atoms with Gasteiger partial charge in [-0.25, -0.2) is 0 Å². The Bertz CT molecular complexity index is 970. The molecule has 120 valence electrons. The summed E-state index contributed by atoms with van der Waals surface area (Å²) in [6.45, 7) is 0.0834. The van der Waals surface area contributed by atoms with Crippen molar-refractivity contribution in [3.63, 3.8) is 0 Å². The Balaban J connectivity index is 1.93. The molecule has 4 rings (SSSR count). The molecule has 1 N–H and O–H groups in total. The number of aliphatic imine (C=N–C) groups is 1. The van der Waals surface area contributed by atoms with E-state index in [4.69, 9.17) is 4.42 Å². The van der Waals surface area contributed by atoms with Gasteiger partial charge in [0, 0.05) is 30.7 Å². The summed E-state index contributed by atoms with van der Waals surface area (Å²) >= 11 is 0. The lowest BCUT2D eigenvalue weighted by atomic mass is 10.1. The van der Waals surface area contributed by atoms with Gasteiger partial charge in [0.1, 0.15) is 17.8 Å². The molecule has 0 atom stereocenters. The quantitative estimate of drug-likeness (QED) is 0.788. The molecule has 1 amide bonds. The molecule has 0 fully saturated rings. The summed E-state index contributed by atoms with van der Waals surface area (Å²) in [4.78, 5) is 18.6. The van der Waals surface area contributed by atoms with Crippen LogP contribution >= 0.6 is 0 Å². The third-order valence-electron chi connectivity index (χ3n) is 4.09. The van der Waals surface area contributed by atoms with Gasteiger partial charge in [-0.1, -0.05) is 24.3 Å². The molecule has 0 saturated heterocycles. The fourth-order valence-electron chi connectivity index (χ4n) is 2.89. The van der Waals surface area contributed by atoms with Gasteiger partial charge in [0.2, 0.25) is 5.91 Å². The van der Waals surface area contributed by atoms with Crippen LogP contribution in [0.3, 0.4) is 0 Å². The monoisotopic (exact) mass is 319 g/mol. The maximum atomic E-state index is 12.1. The maximum Gasteiger partial charge on any atom is 0.246 e. The second-order valence-corrected chi connectivity index (χ2v) is 5.96. The summed E-state index contributed by atoms with van der Waals surface area (Å²) in [7, 11) is 3.98.